The zero-order chi connectivity index (χ0) is 17.8. The van der Waals surface area contributed by atoms with Crippen molar-refractivity contribution in [2.45, 2.75) is 105 Å². The van der Waals surface area contributed by atoms with Gasteiger partial charge in [-0.15, -0.1) is 0 Å². The van der Waals surface area contributed by atoms with Crippen LogP contribution in [0.2, 0.25) is 0 Å². The molecule has 0 heterocycles. The lowest BCUT2D eigenvalue weighted by Gasteiger charge is -2.45. The molecular formula is C22H46ClN. The van der Waals surface area contributed by atoms with Crippen LogP contribution in [0.3, 0.4) is 0 Å². The molecule has 0 saturated heterocycles. The van der Waals surface area contributed by atoms with Crippen LogP contribution in [0.4, 0.5) is 0 Å². The molecule has 0 aromatic rings. The predicted molar refractivity (Wildman–Crippen MR) is 107 cm³/mol. The molecule has 0 saturated carbocycles. The Morgan fingerprint density at radius 1 is 0.875 bits per heavy atom. The summed E-state index contributed by atoms with van der Waals surface area (Å²) >= 11 is 0. The van der Waals surface area contributed by atoms with Gasteiger partial charge in [0.2, 0.25) is 0 Å². The normalized spacial score (nSPS) is 13.4. The van der Waals surface area contributed by atoms with Gasteiger partial charge in [0.15, 0.2) is 0 Å². The highest BCUT2D eigenvalue weighted by atomic mass is 35.5. The molecule has 0 amide bonds. The maximum atomic E-state index is 4.26. The first-order valence-electron chi connectivity index (χ1n) is 10.4. The summed E-state index contributed by atoms with van der Waals surface area (Å²) in [6.07, 6.45) is 14.2. The standard InChI is InChI=1S/C22H46N.ClH/c1-8-13-18-23(19-14-9-2,20-15-10-3)21(11-4)16-17-22(6,7)12-5;/h11,21H,4,8-10,12-20H2,1-3,5-7H3;1H/q+1;/p-1. The van der Waals surface area contributed by atoms with Crippen LogP contribution < -0.4 is 12.4 Å². The van der Waals surface area contributed by atoms with E-state index in [9.17, 15) is 0 Å². The lowest BCUT2D eigenvalue weighted by atomic mass is 9.83. The molecule has 0 aliphatic heterocycles. The van der Waals surface area contributed by atoms with Crippen LogP contribution in [0.1, 0.15) is 99.3 Å². The molecule has 0 rings (SSSR count). The molecule has 146 valence electrons. The van der Waals surface area contributed by atoms with Gasteiger partial charge in [-0.3, -0.25) is 0 Å². The van der Waals surface area contributed by atoms with Crippen LogP contribution in [-0.2, 0) is 0 Å². The molecule has 0 N–H and O–H groups in total. The Morgan fingerprint density at radius 3 is 1.58 bits per heavy atom. The van der Waals surface area contributed by atoms with E-state index >= 15 is 0 Å². The monoisotopic (exact) mass is 359 g/mol. The summed E-state index contributed by atoms with van der Waals surface area (Å²) in [5.74, 6) is 0. The van der Waals surface area contributed by atoms with E-state index in [1.165, 1.54) is 81.9 Å². The highest BCUT2D eigenvalue weighted by Gasteiger charge is 2.34. The van der Waals surface area contributed by atoms with Crippen molar-refractivity contribution in [2.24, 2.45) is 5.41 Å². The number of rotatable bonds is 15. The molecule has 0 fully saturated rings. The summed E-state index contributed by atoms with van der Waals surface area (Å²) in [5, 5.41) is 0. The highest BCUT2D eigenvalue weighted by molar-refractivity contribution is 4.84. The van der Waals surface area contributed by atoms with Gasteiger partial charge < -0.3 is 16.9 Å². The van der Waals surface area contributed by atoms with Crippen molar-refractivity contribution in [3.63, 3.8) is 0 Å². The third kappa shape index (κ3) is 9.47. The third-order valence-corrected chi connectivity index (χ3v) is 5.92. The quantitative estimate of drug-likeness (QED) is 0.306. The fourth-order valence-corrected chi connectivity index (χ4v) is 3.58. The van der Waals surface area contributed by atoms with Gasteiger partial charge in [0.25, 0.3) is 0 Å². The van der Waals surface area contributed by atoms with Crippen LogP contribution in [0.5, 0.6) is 0 Å². The van der Waals surface area contributed by atoms with E-state index in [2.05, 4.69) is 54.2 Å². The van der Waals surface area contributed by atoms with Crippen LogP contribution in [-0.4, -0.2) is 30.2 Å². The van der Waals surface area contributed by atoms with Crippen molar-refractivity contribution in [3.05, 3.63) is 12.7 Å². The third-order valence-electron chi connectivity index (χ3n) is 5.92. The minimum Gasteiger partial charge on any atom is -1.00 e. The van der Waals surface area contributed by atoms with E-state index in [1.54, 1.807) is 0 Å². The Hall–Kier alpha value is -0.0100. The van der Waals surface area contributed by atoms with Gasteiger partial charge in [-0.05, 0) is 37.2 Å². The van der Waals surface area contributed by atoms with E-state index in [-0.39, 0.29) is 12.4 Å². The van der Waals surface area contributed by atoms with Gasteiger partial charge in [-0.1, -0.05) is 73.8 Å². The minimum absolute atomic E-state index is 0. The van der Waals surface area contributed by atoms with E-state index in [4.69, 9.17) is 0 Å². The summed E-state index contributed by atoms with van der Waals surface area (Å²) < 4.78 is 1.30. The Morgan fingerprint density at radius 2 is 1.29 bits per heavy atom. The van der Waals surface area contributed by atoms with Crippen molar-refractivity contribution in [1.29, 1.82) is 0 Å². The van der Waals surface area contributed by atoms with Crippen LogP contribution in [0.25, 0.3) is 0 Å². The number of nitrogens with zero attached hydrogens (tertiary/aromatic N) is 1. The van der Waals surface area contributed by atoms with Gasteiger partial charge in [0.05, 0.1) is 19.6 Å². The van der Waals surface area contributed by atoms with Crippen molar-refractivity contribution < 1.29 is 16.9 Å². The van der Waals surface area contributed by atoms with Crippen molar-refractivity contribution >= 4 is 0 Å². The van der Waals surface area contributed by atoms with Crippen LogP contribution in [0.15, 0.2) is 12.7 Å². The van der Waals surface area contributed by atoms with Gasteiger partial charge >= 0.3 is 0 Å². The van der Waals surface area contributed by atoms with Gasteiger partial charge in [-0.25, -0.2) is 0 Å². The summed E-state index contributed by atoms with van der Waals surface area (Å²) in [6.45, 7) is 22.5. The van der Waals surface area contributed by atoms with Crippen molar-refractivity contribution in [2.75, 3.05) is 19.6 Å². The molecule has 1 nitrogen and oxygen atoms in total. The molecule has 0 aromatic heterocycles. The van der Waals surface area contributed by atoms with Gasteiger partial charge in [0, 0.05) is 6.42 Å². The van der Waals surface area contributed by atoms with Gasteiger partial charge in [0.1, 0.15) is 6.04 Å². The number of hydrogen-bond acceptors (Lipinski definition) is 0. The zero-order valence-corrected chi connectivity index (χ0v) is 18.4. The summed E-state index contributed by atoms with van der Waals surface area (Å²) in [5.41, 5.74) is 0.469. The average molecular weight is 360 g/mol. The minimum atomic E-state index is 0. The fourth-order valence-electron chi connectivity index (χ4n) is 3.58. The summed E-state index contributed by atoms with van der Waals surface area (Å²) in [4.78, 5) is 0. The van der Waals surface area contributed by atoms with E-state index in [0.717, 1.165) is 0 Å². The number of halogens is 1. The molecule has 1 unspecified atom stereocenters. The second-order valence-electron chi connectivity index (χ2n) is 8.31. The Labute approximate surface area is 160 Å². The molecule has 0 spiro atoms. The Bertz CT molecular complexity index is 277. The molecule has 1 atom stereocenters. The van der Waals surface area contributed by atoms with Crippen molar-refractivity contribution in [1.82, 2.24) is 0 Å². The molecule has 24 heavy (non-hydrogen) atoms. The second kappa shape index (κ2) is 14.2. The smallest absolute Gasteiger partial charge is 0.107 e. The summed E-state index contributed by atoms with van der Waals surface area (Å²) in [6, 6.07) is 0.644. The lowest BCUT2D eigenvalue weighted by Crippen LogP contribution is -3.00. The van der Waals surface area contributed by atoms with Gasteiger partial charge in [-0.2, -0.15) is 0 Å². The molecule has 0 radical (unpaired) electrons. The topological polar surface area (TPSA) is 0 Å². The maximum absolute atomic E-state index is 4.26. The average Bonchev–Trinajstić information content (AvgIpc) is 2.55. The molecule has 0 aliphatic carbocycles. The van der Waals surface area contributed by atoms with E-state index in [1.807, 2.05) is 0 Å². The second-order valence-corrected chi connectivity index (χ2v) is 8.31. The first-order chi connectivity index (χ1) is 10.9. The molecule has 0 aromatic carbocycles. The van der Waals surface area contributed by atoms with Crippen LogP contribution in [0, 0.1) is 5.41 Å². The molecule has 0 aliphatic rings. The van der Waals surface area contributed by atoms with Crippen molar-refractivity contribution in [3.8, 4) is 0 Å². The summed E-state index contributed by atoms with van der Waals surface area (Å²) in [7, 11) is 0. The molecular weight excluding hydrogens is 314 g/mol. The Balaban J connectivity index is 0. The Kier molecular flexibility index (Phi) is 15.5. The largest absolute Gasteiger partial charge is 1.00 e. The first kappa shape index (κ1) is 26.2. The maximum Gasteiger partial charge on any atom is 0.107 e. The number of hydrogen-bond donors (Lipinski definition) is 0. The highest BCUT2D eigenvalue weighted by Crippen LogP contribution is 2.31. The molecule has 0 bridgehead atoms. The number of unbranched alkanes of at least 4 members (excludes halogenated alkanes) is 3. The lowest BCUT2D eigenvalue weighted by molar-refractivity contribution is -0.946. The molecule has 2 heteroatoms. The van der Waals surface area contributed by atoms with E-state index in [0.29, 0.717) is 11.5 Å². The van der Waals surface area contributed by atoms with E-state index < -0.39 is 0 Å². The SMILES string of the molecule is C=CC(CCC(C)(C)CC)[N+](CCCC)(CCCC)CCCC.[Cl-]. The first-order valence-corrected chi connectivity index (χ1v) is 10.4. The fraction of sp³-hybridized carbons (Fsp3) is 0.909. The van der Waals surface area contributed by atoms with Crippen LogP contribution >= 0.6 is 0 Å². The number of quaternary nitrogens is 1. The predicted octanol–water partition coefficient (Wildman–Crippen LogP) is 3.98. The zero-order valence-electron chi connectivity index (χ0n) is 17.7.